The highest BCUT2D eigenvalue weighted by Gasteiger charge is 2.21. The summed E-state index contributed by atoms with van der Waals surface area (Å²) < 4.78 is 1.90. The number of aromatic nitrogens is 1. The van der Waals surface area contributed by atoms with Crippen LogP contribution in [-0.2, 0) is 6.54 Å². The molecule has 1 amide bonds. The van der Waals surface area contributed by atoms with Gasteiger partial charge in [0.15, 0.2) is 0 Å². The lowest BCUT2D eigenvalue weighted by Gasteiger charge is -2.26. The molecule has 1 heterocycles. The maximum Gasteiger partial charge on any atom is 0.270 e. The molecule has 0 aliphatic rings. The number of hydrogen-bond acceptors (Lipinski definition) is 2. The van der Waals surface area contributed by atoms with Crippen LogP contribution in [0.3, 0.4) is 0 Å². The van der Waals surface area contributed by atoms with Crippen molar-refractivity contribution in [1.29, 1.82) is 0 Å². The molecule has 1 aromatic heterocycles. The lowest BCUT2D eigenvalue weighted by molar-refractivity contribution is 0.0717. The third-order valence-electron chi connectivity index (χ3n) is 3.27. The summed E-state index contributed by atoms with van der Waals surface area (Å²) in [6.07, 6.45) is 2.82. The van der Waals surface area contributed by atoms with E-state index in [1.807, 2.05) is 24.7 Å². The highest BCUT2D eigenvalue weighted by Crippen LogP contribution is 2.16. The molecule has 0 aliphatic carbocycles. The number of nitrogen functional groups attached to an aromatic ring is 1. The lowest BCUT2D eigenvalue weighted by atomic mass is 10.0. The Labute approximate surface area is 110 Å². The van der Waals surface area contributed by atoms with Crippen molar-refractivity contribution in [3.8, 4) is 0 Å². The van der Waals surface area contributed by atoms with E-state index in [1.54, 1.807) is 11.0 Å². The number of anilines is 1. The van der Waals surface area contributed by atoms with E-state index >= 15 is 0 Å². The molecular formula is C14H25N3O. The molecule has 1 atom stereocenters. The molecule has 2 N–H and O–H groups in total. The first-order chi connectivity index (χ1) is 8.36. The van der Waals surface area contributed by atoms with Gasteiger partial charge in [0.1, 0.15) is 5.69 Å². The zero-order chi connectivity index (χ0) is 13.9. The van der Waals surface area contributed by atoms with Crippen LogP contribution in [0.4, 0.5) is 5.69 Å². The van der Waals surface area contributed by atoms with Crippen molar-refractivity contribution in [2.24, 2.45) is 5.92 Å². The Bertz CT molecular complexity index is 409. The van der Waals surface area contributed by atoms with Crippen LogP contribution in [0.2, 0.25) is 0 Å². The van der Waals surface area contributed by atoms with E-state index in [-0.39, 0.29) is 11.9 Å². The fraction of sp³-hybridized carbons (Fsp3) is 0.643. The number of nitrogens with zero attached hydrogens (tertiary/aromatic N) is 2. The molecule has 0 spiro atoms. The maximum atomic E-state index is 12.4. The number of carbonyl (C=O) groups excluding carboxylic acids is 1. The van der Waals surface area contributed by atoms with Gasteiger partial charge in [0.2, 0.25) is 0 Å². The van der Waals surface area contributed by atoms with Gasteiger partial charge in [-0.3, -0.25) is 4.79 Å². The molecule has 1 unspecified atom stereocenters. The van der Waals surface area contributed by atoms with Gasteiger partial charge in [0.05, 0.1) is 5.69 Å². The quantitative estimate of drug-likeness (QED) is 0.874. The second-order valence-electron chi connectivity index (χ2n) is 5.34. The van der Waals surface area contributed by atoms with Gasteiger partial charge in [-0.25, -0.2) is 0 Å². The molecular weight excluding hydrogens is 226 g/mol. The van der Waals surface area contributed by atoms with Gasteiger partial charge in [-0.05, 0) is 32.3 Å². The van der Waals surface area contributed by atoms with Gasteiger partial charge in [0.25, 0.3) is 5.91 Å². The first-order valence-electron chi connectivity index (χ1n) is 6.59. The smallest absolute Gasteiger partial charge is 0.270 e. The summed E-state index contributed by atoms with van der Waals surface area (Å²) >= 11 is 0. The number of aryl methyl sites for hydroxylation is 1. The molecule has 0 bridgehead atoms. The van der Waals surface area contributed by atoms with Crippen LogP contribution < -0.4 is 5.73 Å². The summed E-state index contributed by atoms with van der Waals surface area (Å²) in [7, 11) is 1.86. The molecule has 1 rings (SSSR count). The average molecular weight is 251 g/mol. The van der Waals surface area contributed by atoms with Crippen molar-refractivity contribution < 1.29 is 4.79 Å². The van der Waals surface area contributed by atoms with E-state index in [9.17, 15) is 4.79 Å². The first-order valence-corrected chi connectivity index (χ1v) is 6.59. The lowest BCUT2D eigenvalue weighted by Crippen LogP contribution is -2.36. The van der Waals surface area contributed by atoms with Crippen LogP contribution in [0.25, 0.3) is 0 Å². The molecule has 0 fully saturated rings. The Balaban J connectivity index is 2.85. The Morgan fingerprint density at radius 1 is 1.44 bits per heavy atom. The van der Waals surface area contributed by atoms with Crippen LogP contribution in [0, 0.1) is 5.92 Å². The highest BCUT2D eigenvalue weighted by atomic mass is 16.2. The van der Waals surface area contributed by atoms with E-state index in [4.69, 9.17) is 5.73 Å². The number of amides is 1. The topological polar surface area (TPSA) is 51.3 Å². The molecule has 4 nitrogen and oxygen atoms in total. The second-order valence-corrected chi connectivity index (χ2v) is 5.34. The molecule has 1 aromatic rings. The van der Waals surface area contributed by atoms with Crippen LogP contribution in [0.5, 0.6) is 0 Å². The van der Waals surface area contributed by atoms with E-state index in [1.165, 1.54) is 0 Å². The minimum absolute atomic E-state index is 0.0432. The molecule has 0 radical (unpaired) electrons. The van der Waals surface area contributed by atoms with E-state index in [0.717, 1.165) is 13.0 Å². The summed E-state index contributed by atoms with van der Waals surface area (Å²) in [5.74, 6) is 0.625. The molecule has 4 heteroatoms. The summed E-state index contributed by atoms with van der Waals surface area (Å²) in [4.78, 5) is 14.2. The van der Waals surface area contributed by atoms with Gasteiger partial charge in [-0.2, -0.15) is 0 Å². The van der Waals surface area contributed by atoms with Crippen molar-refractivity contribution >= 4 is 11.6 Å². The molecule has 0 saturated heterocycles. The van der Waals surface area contributed by atoms with Crippen molar-refractivity contribution in [1.82, 2.24) is 9.47 Å². The number of nitrogens with two attached hydrogens (primary N) is 1. The Kier molecular flexibility index (Phi) is 4.82. The standard InChI is InChI=1S/C14H25N3O/c1-6-17-9-12(15)8-13(17)14(18)16(5)11(4)7-10(2)3/h8-11H,6-7,15H2,1-5H3. The maximum absolute atomic E-state index is 12.4. The third kappa shape index (κ3) is 3.28. The molecule has 0 aromatic carbocycles. The van der Waals surface area contributed by atoms with E-state index in [2.05, 4.69) is 20.8 Å². The fourth-order valence-corrected chi connectivity index (χ4v) is 2.19. The van der Waals surface area contributed by atoms with Crippen molar-refractivity contribution in [2.45, 2.75) is 46.7 Å². The summed E-state index contributed by atoms with van der Waals surface area (Å²) in [5.41, 5.74) is 7.08. The Morgan fingerprint density at radius 2 is 2.06 bits per heavy atom. The summed E-state index contributed by atoms with van der Waals surface area (Å²) in [6.45, 7) is 9.18. The predicted molar refractivity (Wildman–Crippen MR) is 75.5 cm³/mol. The Hall–Kier alpha value is -1.45. The minimum Gasteiger partial charge on any atom is -0.397 e. The zero-order valence-corrected chi connectivity index (χ0v) is 12.1. The van der Waals surface area contributed by atoms with Crippen LogP contribution in [0.1, 0.15) is 44.6 Å². The third-order valence-corrected chi connectivity index (χ3v) is 3.27. The number of carbonyl (C=O) groups is 1. The van der Waals surface area contributed by atoms with Gasteiger partial charge in [0, 0.05) is 25.8 Å². The normalized spacial score (nSPS) is 12.8. The van der Waals surface area contributed by atoms with E-state index < -0.39 is 0 Å². The summed E-state index contributed by atoms with van der Waals surface area (Å²) in [6, 6.07) is 1.99. The van der Waals surface area contributed by atoms with Crippen molar-refractivity contribution in [3.63, 3.8) is 0 Å². The zero-order valence-electron chi connectivity index (χ0n) is 12.1. The largest absolute Gasteiger partial charge is 0.397 e. The molecule has 0 saturated carbocycles. The average Bonchev–Trinajstić information content (AvgIpc) is 2.67. The molecule has 102 valence electrons. The predicted octanol–water partition coefficient (Wildman–Crippen LogP) is 2.60. The van der Waals surface area contributed by atoms with Crippen LogP contribution >= 0.6 is 0 Å². The van der Waals surface area contributed by atoms with Gasteiger partial charge < -0.3 is 15.2 Å². The van der Waals surface area contributed by atoms with Crippen LogP contribution in [0.15, 0.2) is 12.3 Å². The minimum atomic E-state index is 0.0432. The SMILES string of the molecule is CCn1cc(N)cc1C(=O)N(C)C(C)CC(C)C. The van der Waals surface area contributed by atoms with Crippen molar-refractivity contribution in [2.75, 3.05) is 12.8 Å². The second kappa shape index (κ2) is 5.94. The monoisotopic (exact) mass is 251 g/mol. The van der Waals surface area contributed by atoms with Gasteiger partial charge in [-0.15, -0.1) is 0 Å². The van der Waals surface area contributed by atoms with E-state index in [0.29, 0.717) is 17.3 Å². The molecule has 0 aliphatic heterocycles. The van der Waals surface area contributed by atoms with Crippen LogP contribution in [-0.4, -0.2) is 28.5 Å². The van der Waals surface area contributed by atoms with Gasteiger partial charge >= 0.3 is 0 Å². The Morgan fingerprint density at radius 3 is 2.56 bits per heavy atom. The highest BCUT2D eigenvalue weighted by molar-refractivity contribution is 5.93. The van der Waals surface area contributed by atoms with Crippen molar-refractivity contribution in [3.05, 3.63) is 18.0 Å². The first kappa shape index (κ1) is 14.6. The fourth-order valence-electron chi connectivity index (χ4n) is 2.19. The van der Waals surface area contributed by atoms with Gasteiger partial charge in [-0.1, -0.05) is 13.8 Å². The number of rotatable bonds is 5. The summed E-state index contributed by atoms with van der Waals surface area (Å²) in [5, 5.41) is 0. The number of hydrogen-bond donors (Lipinski definition) is 1. The molecule has 18 heavy (non-hydrogen) atoms.